The molecule has 0 aromatic carbocycles. The summed E-state index contributed by atoms with van der Waals surface area (Å²) in [7, 11) is 0. The van der Waals surface area contributed by atoms with Crippen LogP contribution in [0.5, 0.6) is 0 Å². The van der Waals surface area contributed by atoms with Gasteiger partial charge in [-0.15, -0.1) is 0 Å². The first-order valence-electron chi connectivity index (χ1n) is 16.1. The number of alkyl halides is 5. The van der Waals surface area contributed by atoms with Gasteiger partial charge in [0.15, 0.2) is 5.69 Å². The van der Waals surface area contributed by atoms with Gasteiger partial charge in [-0.1, -0.05) is 5.16 Å². The lowest BCUT2D eigenvalue weighted by molar-refractivity contribution is -0.183. The lowest BCUT2D eigenvalue weighted by Crippen LogP contribution is -2.47. The van der Waals surface area contributed by atoms with Crippen LogP contribution in [0.25, 0.3) is 5.78 Å². The molecule has 2 N–H and O–H groups in total. The van der Waals surface area contributed by atoms with Gasteiger partial charge in [-0.3, -0.25) is 9.59 Å². The molecule has 2 saturated carbocycles. The molecule has 3 aromatic heterocycles. The molecule has 4 fully saturated rings. The van der Waals surface area contributed by atoms with Crippen molar-refractivity contribution in [1.29, 1.82) is 0 Å². The molecule has 0 spiro atoms. The molecule has 0 bridgehead atoms. The predicted octanol–water partition coefficient (Wildman–Crippen LogP) is 4.43. The number of piperidine rings is 1. The summed E-state index contributed by atoms with van der Waals surface area (Å²) >= 11 is 0. The highest BCUT2D eigenvalue weighted by molar-refractivity contribution is 5.93. The Morgan fingerprint density at radius 1 is 1.04 bits per heavy atom. The molecule has 3 atom stereocenters. The number of imidazole rings is 1. The van der Waals surface area contributed by atoms with Gasteiger partial charge in [-0.25, -0.2) is 27.9 Å². The number of fused-ring (bicyclic) bond motifs is 1. The zero-order valence-corrected chi connectivity index (χ0v) is 25.4. The van der Waals surface area contributed by atoms with E-state index >= 15 is 0 Å². The van der Waals surface area contributed by atoms with Gasteiger partial charge in [0.25, 0.3) is 11.7 Å². The van der Waals surface area contributed by atoms with E-state index in [0.29, 0.717) is 48.8 Å². The standard InChI is InChI=1S/C30H35F5N8O4/c31-29(32)7-3-16(4-8-29)23(38-27(45)25-24(15-1-2-15)41-47-42-25)21-14-43-28(37-21)39-22(17-5-9-46-10-6-17)20(40-43)12-18-11-19(30(33,34)35)13-36-26(18)44/h14-19,23H,1-13H2,(H,36,44)(H,38,45)/t18-,19-,23+/m1/s1. The molecule has 5 heterocycles. The molecule has 17 heteroatoms. The Labute approximate surface area is 265 Å². The monoisotopic (exact) mass is 666 g/mol. The van der Waals surface area contributed by atoms with Crippen LogP contribution in [-0.4, -0.2) is 73.6 Å². The van der Waals surface area contributed by atoms with Gasteiger partial charge in [0, 0.05) is 56.8 Å². The van der Waals surface area contributed by atoms with E-state index in [1.54, 1.807) is 6.20 Å². The van der Waals surface area contributed by atoms with Crippen LogP contribution in [0.2, 0.25) is 0 Å². The van der Waals surface area contributed by atoms with Crippen LogP contribution in [0.3, 0.4) is 0 Å². The Morgan fingerprint density at radius 3 is 2.47 bits per heavy atom. The van der Waals surface area contributed by atoms with Crippen LogP contribution >= 0.6 is 0 Å². The fraction of sp³-hybridized carbons (Fsp3) is 0.700. The second-order valence-electron chi connectivity index (χ2n) is 13.3. The molecule has 254 valence electrons. The first-order chi connectivity index (χ1) is 22.4. The molecule has 0 radical (unpaired) electrons. The van der Waals surface area contributed by atoms with Gasteiger partial charge < -0.3 is 15.4 Å². The number of amides is 2. The Balaban J connectivity index is 1.23. The van der Waals surface area contributed by atoms with Crippen molar-refractivity contribution >= 4 is 17.6 Å². The molecule has 47 heavy (non-hydrogen) atoms. The highest BCUT2D eigenvalue weighted by Crippen LogP contribution is 2.43. The summed E-state index contributed by atoms with van der Waals surface area (Å²) in [5.74, 6) is -6.68. The number of rotatable bonds is 8. The summed E-state index contributed by atoms with van der Waals surface area (Å²) in [6, 6.07) is -0.794. The topological polar surface area (TPSA) is 149 Å². The largest absolute Gasteiger partial charge is 0.393 e. The van der Waals surface area contributed by atoms with Gasteiger partial charge in [-0.2, -0.15) is 18.3 Å². The highest BCUT2D eigenvalue weighted by Gasteiger charge is 2.45. The summed E-state index contributed by atoms with van der Waals surface area (Å²) < 4.78 is 80.8. The number of hydrogen-bond donors (Lipinski definition) is 2. The van der Waals surface area contributed by atoms with E-state index in [-0.39, 0.29) is 67.8 Å². The highest BCUT2D eigenvalue weighted by atomic mass is 19.4. The van der Waals surface area contributed by atoms with Gasteiger partial charge in [0.05, 0.1) is 35.2 Å². The number of hydrogen-bond acceptors (Lipinski definition) is 9. The number of halogens is 5. The molecular formula is C30H35F5N8O4. The van der Waals surface area contributed by atoms with Crippen molar-refractivity contribution in [2.45, 2.75) is 94.2 Å². The van der Waals surface area contributed by atoms with Crippen LogP contribution in [0.4, 0.5) is 22.0 Å². The number of ether oxygens (including phenoxy) is 1. The van der Waals surface area contributed by atoms with Crippen molar-refractivity contribution < 1.29 is 40.9 Å². The van der Waals surface area contributed by atoms with Crippen molar-refractivity contribution in [2.75, 3.05) is 19.8 Å². The minimum Gasteiger partial charge on any atom is -0.381 e. The average molecular weight is 667 g/mol. The van der Waals surface area contributed by atoms with Crippen LogP contribution in [0.1, 0.15) is 109 Å². The normalized spacial score (nSPS) is 25.1. The van der Waals surface area contributed by atoms with E-state index in [0.717, 1.165) is 12.8 Å². The van der Waals surface area contributed by atoms with E-state index in [1.807, 2.05) is 0 Å². The quantitative estimate of drug-likeness (QED) is 0.333. The number of nitrogens with zero attached hydrogens (tertiary/aromatic N) is 6. The summed E-state index contributed by atoms with van der Waals surface area (Å²) in [5, 5.41) is 17.8. The third-order valence-corrected chi connectivity index (χ3v) is 9.94. The average Bonchev–Trinajstić information content (AvgIpc) is 3.61. The molecule has 12 nitrogen and oxygen atoms in total. The van der Waals surface area contributed by atoms with Crippen molar-refractivity contribution in [3.8, 4) is 0 Å². The number of aromatic nitrogens is 6. The summed E-state index contributed by atoms with van der Waals surface area (Å²) in [5.41, 5.74) is 1.78. The Morgan fingerprint density at radius 2 is 1.77 bits per heavy atom. The van der Waals surface area contributed by atoms with E-state index in [1.165, 1.54) is 4.52 Å². The van der Waals surface area contributed by atoms with Gasteiger partial charge >= 0.3 is 6.18 Å². The maximum atomic E-state index is 14.2. The molecule has 0 unspecified atom stereocenters. The zero-order valence-electron chi connectivity index (χ0n) is 25.4. The third kappa shape index (κ3) is 6.81. The number of carbonyl (C=O) groups is 2. The van der Waals surface area contributed by atoms with Crippen molar-refractivity contribution in [3.63, 3.8) is 0 Å². The van der Waals surface area contributed by atoms with Gasteiger partial charge in [-0.05, 0) is 56.0 Å². The maximum Gasteiger partial charge on any atom is 0.393 e. The molecule has 4 aliphatic rings. The first-order valence-corrected chi connectivity index (χ1v) is 16.1. The van der Waals surface area contributed by atoms with Crippen molar-refractivity contribution in [3.05, 3.63) is 34.7 Å². The minimum atomic E-state index is -4.45. The van der Waals surface area contributed by atoms with E-state index in [2.05, 4.69) is 20.9 Å². The summed E-state index contributed by atoms with van der Waals surface area (Å²) in [4.78, 5) is 35.7. The molecule has 2 aliphatic carbocycles. The van der Waals surface area contributed by atoms with E-state index < -0.39 is 48.3 Å². The lowest BCUT2D eigenvalue weighted by Gasteiger charge is -2.33. The minimum absolute atomic E-state index is 0.0469. The van der Waals surface area contributed by atoms with Gasteiger partial charge in [0.2, 0.25) is 11.8 Å². The smallest absolute Gasteiger partial charge is 0.381 e. The van der Waals surface area contributed by atoms with Crippen molar-refractivity contribution in [1.82, 2.24) is 40.5 Å². The summed E-state index contributed by atoms with van der Waals surface area (Å²) in [6.45, 7) is 0.474. The maximum absolute atomic E-state index is 14.2. The second-order valence-corrected chi connectivity index (χ2v) is 13.3. The Hall–Kier alpha value is -3.76. The van der Waals surface area contributed by atoms with E-state index in [9.17, 15) is 31.5 Å². The van der Waals surface area contributed by atoms with Crippen molar-refractivity contribution in [2.24, 2.45) is 17.8 Å². The molecule has 2 saturated heterocycles. The fourth-order valence-corrected chi connectivity index (χ4v) is 7.05. The molecule has 7 rings (SSSR count). The Kier molecular flexibility index (Phi) is 8.37. The Bertz CT molecular complexity index is 1620. The molecule has 2 amide bonds. The molecule has 3 aromatic rings. The number of carbonyl (C=O) groups excluding carboxylic acids is 2. The number of nitrogens with one attached hydrogen (secondary N) is 2. The molecule has 2 aliphatic heterocycles. The first kappa shape index (κ1) is 31.8. The zero-order chi connectivity index (χ0) is 32.9. The van der Waals surface area contributed by atoms with E-state index in [4.69, 9.17) is 24.4 Å². The third-order valence-electron chi connectivity index (χ3n) is 9.94. The molecular weight excluding hydrogens is 631 g/mol. The summed E-state index contributed by atoms with van der Waals surface area (Å²) in [6.07, 6.45) is -0.791. The van der Waals surface area contributed by atoms with Crippen LogP contribution < -0.4 is 10.6 Å². The predicted molar refractivity (Wildman–Crippen MR) is 151 cm³/mol. The second kappa shape index (κ2) is 12.4. The fourth-order valence-electron chi connectivity index (χ4n) is 7.05. The SMILES string of the molecule is O=C(N[C@H](c1cn2nc(C[C@H]3C[C@@H](C(F)(F)F)CNC3=O)c(C3CCOCC3)nc2n1)C1CCC(F)(F)CC1)c1nonc1C1CC1. The van der Waals surface area contributed by atoms with Crippen LogP contribution in [0.15, 0.2) is 10.8 Å². The van der Waals surface area contributed by atoms with Gasteiger partial charge in [0.1, 0.15) is 5.69 Å². The van der Waals surface area contributed by atoms with Crippen LogP contribution in [0, 0.1) is 17.8 Å². The lowest BCUT2D eigenvalue weighted by atomic mass is 9.81. The van der Waals surface area contributed by atoms with Crippen LogP contribution in [-0.2, 0) is 16.0 Å².